The zero-order valence-corrected chi connectivity index (χ0v) is 15.3. The number of carboxylic acid groups (broad SMARTS) is 2. The highest BCUT2D eigenvalue weighted by Gasteiger charge is 2.26. The molecule has 0 unspecified atom stereocenters. The third-order valence-electron chi connectivity index (χ3n) is 3.94. The Bertz CT molecular complexity index is 589. The van der Waals surface area contributed by atoms with E-state index in [4.69, 9.17) is 0 Å². The summed E-state index contributed by atoms with van der Waals surface area (Å²) in [6.45, 7) is 3.92. The second-order valence-corrected chi connectivity index (χ2v) is 6.70. The summed E-state index contributed by atoms with van der Waals surface area (Å²) in [4.78, 5) is 34.5. The highest BCUT2D eigenvalue weighted by atomic mass is 16.4. The van der Waals surface area contributed by atoms with Crippen molar-refractivity contribution < 1.29 is 24.6 Å². The standard InChI is InChI=1S/C19H28N2O5/c1-13(2)12-16(19(25)26)21-15(18(23)24)10-11-20-17(22)9-8-14-6-4-3-5-7-14/h3-7,13,15-16,21H,8-12H2,1-2H3,(H,20,22)(H,23,24)(H,25,26)/t15-,16-/m0/s1. The molecule has 1 rings (SSSR count). The fourth-order valence-corrected chi connectivity index (χ4v) is 2.58. The molecule has 1 amide bonds. The smallest absolute Gasteiger partial charge is 0.320 e. The molecule has 0 saturated carbocycles. The van der Waals surface area contributed by atoms with Crippen molar-refractivity contribution in [2.24, 2.45) is 5.92 Å². The molecular formula is C19H28N2O5. The van der Waals surface area contributed by atoms with Gasteiger partial charge in [0.2, 0.25) is 5.91 Å². The van der Waals surface area contributed by atoms with E-state index in [0.717, 1.165) is 5.56 Å². The van der Waals surface area contributed by atoms with Crippen molar-refractivity contribution in [1.29, 1.82) is 0 Å². The van der Waals surface area contributed by atoms with Gasteiger partial charge in [-0.25, -0.2) is 0 Å². The van der Waals surface area contributed by atoms with Crippen molar-refractivity contribution in [3.8, 4) is 0 Å². The highest BCUT2D eigenvalue weighted by molar-refractivity contribution is 5.78. The van der Waals surface area contributed by atoms with Crippen molar-refractivity contribution in [2.75, 3.05) is 6.54 Å². The van der Waals surface area contributed by atoms with Crippen molar-refractivity contribution in [3.63, 3.8) is 0 Å². The van der Waals surface area contributed by atoms with Gasteiger partial charge in [-0.1, -0.05) is 44.2 Å². The van der Waals surface area contributed by atoms with Gasteiger partial charge in [0.05, 0.1) is 0 Å². The van der Waals surface area contributed by atoms with Crippen LogP contribution in [0.1, 0.15) is 38.7 Å². The number of aryl methyl sites for hydroxylation is 1. The van der Waals surface area contributed by atoms with Gasteiger partial charge in [-0.15, -0.1) is 0 Å². The Morgan fingerprint density at radius 2 is 1.62 bits per heavy atom. The van der Waals surface area contributed by atoms with Crippen molar-refractivity contribution in [3.05, 3.63) is 35.9 Å². The summed E-state index contributed by atoms with van der Waals surface area (Å²) in [5.41, 5.74) is 1.06. The number of hydrogen-bond donors (Lipinski definition) is 4. The number of aliphatic carboxylic acids is 2. The van der Waals surface area contributed by atoms with Gasteiger partial charge >= 0.3 is 11.9 Å². The van der Waals surface area contributed by atoms with Gasteiger partial charge in [0.1, 0.15) is 12.1 Å². The van der Waals surface area contributed by atoms with Gasteiger partial charge in [0.15, 0.2) is 0 Å². The molecule has 144 valence electrons. The molecule has 0 bridgehead atoms. The number of carboxylic acids is 2. The molecule has 7 heteroatoms. The molecule has 0 aromatic heterocycles. The lowest BCUT2D eigenvalue weighted by Gasteiger charge is -2.21. The van der Waals surface area contributed by atoms with E-state index in [1.165, 1.54) is 0 Å². The number of hydrogen-bond acceptors (Lipinski definition) is 4. The Morgan fingerprint density at radius 1 is 1.00 bits per heavy atom. The Kier molecular flexibility index (Phi) is 9.36. The van der Waals surface area contributed by atoms with E-state index in [1.54, 1.807) is 0 Å². The molecule has 0 aliphatic rings. The molecule has 0 saturated heterocycles. The Balaban J connectivity index is 2.41. The first kappa shape index (κ1) is 21.6. The molecule has 0 aliphatic carbocycles. The second-order valence-electron chi connectivity index (χ2n) is 6.70. The number of carbonyl (C=O) groups is 3. The maximum Gasteiger partial charge on any atom is 0.320 e. The van der Waals surface area contributed by atoms with E-state index in [0.29, 0.717) is 19.3 Å². The topological polar surface area (TPSA) is 116 Å². The van der Waals surface area contributed by atoms with E-state index >= 15 is 0 Å². The molecule has 2 atom stereocenters. The van der Waals surface area contributed by atoms with Crippen LogP contribution in [0, 0.1) is 5.92 Å². The minimum atomic E-state index is -1.13. The molecule has 0 radical (unpaired) electrons. The lowest BCUT2D eigenvalue weighted by molar-refractivity contribution is -0.143. The van der Waals surface area contributed by atoms with Crippen LogP contribution in [0.3, 0.4) is 0 Å². The van der Waals surface area contributed by atoms with Crippen LogP contribution in [0.2, 0.25) is 0 Å². The predicted octanol–water partition coefficient (Wildman–Crippen LogP) is 1.67. The summed E-state index contributed by atoms with van der Waals surface area (Å²) in [6.07, 6.45) is 1.39. The zero-order chi connectivity index (χ0) is 19.5. The maximum absolute atomic E-state index is 11.9. The van der Waals surface area contributed by atoms with Crippen LogP contribution in [0.25, 0.3) is 0 Å². The molecule has 0 fully saturated rings. The van der Waals surface area contributed by atoms with Crippen molar-refractivity contribution >= 4 is 17.8 Å². The van der Waals surface area contributed by atoms with Crippen LogP contribution in [-0.2, 0) is 20.8 Å². The molecule has 0 aliphatic heterocycles. The third-order valence-corrected chi connectivity index (χ3v) is 3.94. The highest BCUT2D eigenvalue weighted by Crippen LogP contribution is 2.07. The molecule has 1 aromatic carbocycles. The van der Waals surface area contributed by atoms with Crippen LogP contribution < -0.4 is 10.6 Å². The normalized spacial score (nSPS) is 13.2. The van der Waals surface area contributed by atoms with Gasteiger partial charge < -0.3 is 15.5 Å². The average Bonchev–Trinajstić information content (AvgIpc) is 2.58. The number of nitrogens with one attached hydrogen (secondary N) is 2. The minimum Gasteiger partial charge on any atom is -0.480 e. The second kappa shape index (κ2) is 11.3. The molecule has 0 heterocycles. The molecule has 7 nitrogen and oxygen atoms in total. The summed E-state index contributed by atoms with van der Waals surface area (Å²) in [6, 6.07) is 7.66. The molecule has 4 N–H and O–H groups in total. The van der Waals surface area contributed by atoms with Gasteiger partial charge in [-0.3, -0.25) is 19.7 Å². The predicted molar refractivity (Wildman–Crippen MR) is 97.8 cm³/mol. The number of amides is 1. The van der Waals surface area contributed by atoms with Crippen LogP contribution in [-0.4, -0.2) is 46.7 Å². The summed E-state index contributed by atoms with van der Waals surface area (Å²) < 4.78 is 0. The Hall–Kier alpha value is -2.41. The molecule has 0 spiro atoms. The number of rotatable bonds is 12. The van der Waals surface area contributed by atoms with E-state index in [2.05, 4.69) is 10.6 Å². The fourth-order valence-electron chi connectivity index (χ4n) is 2.58. The van der Waals surface area contributed by atoms with E-state index in [9.17, 15) is 24.6 Å². The minimum absolute atomic E-state index is 0.119. The molecule has 1 aromatic rings. The van der Waals surface area contributed by atoms with E-state index < -0.39 is 24.0 Å². The first-order valence-electron chi connectivity index (χ1n) is 8.82. The lowest BCUT2D eigenvalue weighted by Crippen LogP contribution is -2.49. The van der Waals surface area contributed by atoms with Crippen LogP contribution in [0.15, 0.2) is 30.3 Å². The summed E-state index contributed by atoms with van der Waals surface area (Å²) >= 11 is 0. The van der Waals surface area contributed by atoms with Crippen molar-refractivity contribution in [1.82, 2.24) is 10.6 Å². The zero-order valence-electron chi connectivity index (χ0n) is 15.3. The summed E-state index contributed by atoms with van der Waals surface area (Å²) in [7, 11) is 0. The van der Waals surface area contributed by atoms with E-state index in [1.807, 2.05) is 44.2 Å². The van der Waals surface area contributed by atoms with Gasteiger partial charge in [-0.05, 0) is 30.7 Å². The quantitative estimate of drug-likeness (QED) is 0.448. The fraction of sp³-hybridized carbons (Fsp3) is 0.526. The molecule has 26 heavy (non-hydrogen) atoms. The largest absolute Gasteiger partial charge is 0.480 e. The van der Waals surface area contributed by atoms with Gasteiger partial charge in [0.25, 0.3) is 0 Å². The average molecular weight is 364 g/mol. The Morgan fingerprint density at radius 3 is 2.15 bits per heavy atom. The molecular weight excluding hydrogens is 336 g/mol. The maximum atomic E-state index is 11.9. The first-order valence-corrected chi connectivity index (χ1v) is 8.82. The van der Waals surface area contributed by atoms with Crippen molar-refractivity contribution in [2.45, 2.75) is 51.6 Å². The lowest BCUT2D eigenvalue weighted by atomic mass is 10.0. The van der Waals surface area contributed by atoms with Gasteiger partial charge in [0, 0.05) is 13.0 Å². The van der Waals surface area contributed by atoms with Gasteiger partial charge in [-0.2, -0.15) is 0 Å². The van der Waals surface area contributed by atoms with Crippen LogP contribution >= 0.6 is 0 Å². The Labute approximate surface area is 153 Å². The SMILES string of the molecule is CC(C)C[C@H](N[C@@H](CCNC(=O)CCc1ccccc1)C(=O)O)C(=O)O. The number of carbonyl (C=O) groups excluding carboxylic acids is 1. The van der Waals surface area contributed by atoms with Crippen LogP contribution in [0.4, 0.5) is 0 Å². The van der Waals surface area contributed by atoms with Crippen LogP contribution in [0.5, 0.6) is 0 Å². The summed E-state index contributed by atoms with van der Waals surface area (Å²) in [5, 5.41) is 23.9. The monoisotopic (exact) mass is 364 g/mol. The third kappa shape index (κ3) is 8.62. The summed E-state index contributed by atoms with van der Waals surface area (Å²) in [5.74, 6) is -2.24. The first-order chi connectivity index (χ1) is 12.3. The number of benzene rings is 1. The van der Waals surface area contributed by atoms with E-state index in [-0.39, 0.29) is 24.8 Å².